The molecule has 2 rings (SSSR count). The molecule has 1 amide bonds. The lowest BCUT2D eigenvalue weighted by atomic mass is 9.85. The highest BCUT2D eigenvalue weighted by molar-refractivity contribution is 5.82. The van der Waals surface area contributed by atoms with Crippen LogP contribution in [0.1, 0.15) is 27.2 Å². The number of carbonyl (C=O) groups excluding carboxylic acids is 1. The normalized spacial score (nSPS) is 13.9. The second kappa shape index (κ2) is 6.51. The van der Waals surface area contributed by atoms with Crippen LogP contribution in [0.5, 0.6) is 0 Å². The summed E-state index contributed by atoms with van der Waals surface area (Å²) in [5.74, 6) is -1.43. The summed E-state index contributed by atoms with van der Waals surface area (Å²) >= 11 is 0. The number of carboxylic acids is 1. The summed E-state index contributed by atoms with van der Waals surface area (Å²) in [5.41, 5.74) is 0.254. The van der Waals surface area contributed by atoms with Gasteiger partial charge in [-0.05, 0) is 25.0 Å². The first-order valence-corrected chi connectivity index (χ1v) is 7.83. The average molecular weight is 333 g/mol. The maximum Gasteiger partial charge on any atom is 0.329 e. The van der Waals surface area contributed by atoms with Crippen LogP contribution in [0.3, 0.4) is 0 Å². The van der Waals surface area contributed by atoms with Gasteiger partial charge in [0.15, 0.2) is 0 Å². The molecule has 1 heterocycles. The van der Waals surface area contributed by atoms with Crippen LogP contribution in [0.25, 0.3) is 11.0 Å². The molecule has 2 aromatic rings. The van der Waals surface area contributed by atoms with E-state index in [-0.39, 0.29) is 30.5 Å². The molecule has 0 aliphatic carbocycles. The summed E-state index contributed by atoms with van der Waals surface area (Å²) in [4.78, 5) is 35.9. The Morgan fingerprint density at radius 2 is 1.83 bits per heavy atom. The van der Waals surface area contributed by atoms with Crippen molar-refractivity contribution in [2.45, 2.75) is 39.3 Å². The van der Waals surface area contributed by atoms with Crippen LogP contribution in [0, 0.1) is 5.92 Å². The zero-order valence-corrected chi connectivity index (χ0v) is 14.4. The van der Waals surface area contributed by atoms with Gasteiger partial charge in [-0.25, -0.2) is 4.79 Å². The number of benzene rings is 1. The minimum absolute atomic E-state index is 0.0678. The number of imidazole rings is 1. The molecule has 130 valence electrons. The molecule has 0 radical (unpaired) electrons. The van der Waals surface area contributed by atoms with E-state index in [1.54, 1.807) is 26.1 Å². The Kier molecular flexibility index (Phi) is 4.82. The Balaban J connectivity index is 2.29. The zero-order valence-electron chi connectivity index (χ0n) is 14.4. The molecule has 0 bridgehead atoms. The number of hydrogen-bond acceptors (Lipinski definition) is 3. The molecular weight excluding hydrogens is 310 g/mol. The fourth-order valence-corrected chi connectivity index (χ4v) is 2.72. The van der Waals surface area contributed by atoms with Gasteiger partial charge in [0.2, 0.25) is 5.91 Å². The van der Waals surface area contributed by atoms with Crippen molar-refractivity contribution in [3.8, 4) is 0 Å². The zero-order chi connectivity index (χ0) is 18.1. The highest BCUT2D eigenvalue weighted by Crippen LogP contribution is 2.21. The first-order chi connectivity index (χ1) is 11.2. The Morgan fingerprint density at radius 3 is 2.38 bits per heavy atom. The third-order valence-electron chi connectivity index (χ3n) is 4.57. The Bertz CT molecular complexity index is 834. The number of carbonyl (C=O) groups is 2. The van der Waals surface area contributed by atoms with Gasteiger partial charge in [-0.2, -0.15) is 0 Å². The van der Waals surface area contributed by atoms with Crippen molar-refractivity contribution in [2.24, 2.45) is 13.0 Å². The summed E-state index contributed by atoms with van der Waals surface area (Å²) in [6, 6.07) is 7.23. The van der Waals surface area contributed by atoms with Crippen molar-refractivity contribution < 1.29 is 14.7 Å². The van der Waals surface area contributed by atoms with Gasteiger partial charge in [0.1, 0.15) is 6.54 Å². The summed E-state index contributed by atoms with van der Waals surface area (Å²) in [5, 5.41) is 11.9. The van der Waals surface area contributed by atoms with E-state index in [9.17, 15) is 14.4 Å². The van der Waals surface area contributed by atoms with Crippen LogP contribution in [0.15, 0.2) is 29.1 Å². The van der Waals surface area contributed by atoms with Crippen molar-refractivity contribution in [1.82, 2.24) is 14.5 Å². The lowest BCUT2D eigenvalue weighted by Crippen LogP contribution is -2.52. The number of nitrogens with zero attached hydrogens (tertiary/aromatic N) is 2. The van der Waals surface area contributed by atoms with Gasteiger partial charge in [-0.1, -0.05) is 26.0 Å². The van der Waals surface area contributed by atoms with E-state index in [0.717, 1.165) is 5.52 Å². The minimum atomic E-state index is -0.978. The molecule has 0 aliphatic heterocycles. The lowest BCUT2D eigenvalue weighted by molar-refractivity contribution is -0.139. The van der Waals surface area contributed by atoms with Crippen LogP contribution in [-0.2, 0) is 23.2 Å². The van der Waals surface area contributed by atoms with E-state index in [1.165, 1.54) is 9.13 Å². The van der Waals surface area contributed by atoms with Gasteiger partial charge in [0.25, 0.3) is 0 Å². The van der Waals surface area contributed by atoms with Crippen molar-refractivity contribution in [1.29, 1.82) is 0 Å². The maximum absolute atomic E-state index is 12.4. The van der Waals surface area contributed by atoms with Crippen molar-refractivity contribution in [3.05, 3.63) is 34.7 Å². The first-order valence-electron chi connectivity index (χ1n) is 7.83. The molecule has 0 spiro atoms. The Morgan fingerprint density at radius 1 is 1.25 bits per heavy atom. The Labute approximate surface area is 139 Å². The number of hydrogen-bond donors (Lipinski definition) is 2. The maximum atomic E-state index is 12.4. The van der Waals surface area contributed by atoms with E-state index >= 15 is 0 Å². The fourth-order valence-electron chi connectivity index (χ4n) is 2.72. The number of rotatable bonds is 6. The second-order valence-corrected chi connectivity index (χ2v) is 6.61. The largest absolute Gasteiger partial charge is 0.481 e. The molecule has 1 aromatic carbocycles. The molecule has 1 aromatic heterocycles. The van der Waals surface area contributed by atoms with Crippen LogP contribution in [0.4, 0.5) is 0 Å². The number of para-hydroxylation sites is 2. The number of aromatic nitrogens is 2. The van der Waals surface area contributed by atoms with E-state index in [2.05, 4.69) is 5.32 Å². The van der Waals surface area contributed by atoms with Crippen LogP contribution in [0.2, 0.25) is 0 Å². The van der Waals surface area contributed by atoms with Gasteiger partial charge in [-0.15, -0.1) is 0 Å². The number of carboxylic acid groups (broad SMARTS) is 1. The molecular formula is C17H23N3O4. The van der Waals surface area contributed by atoms with Gasteiger partial charge in [-0.3, -0.25) is 18.7 Å². The number of amides is 1. The smallest absolute Gasteiger partial charge is 0.329 e. The third-order valence-corrected chi connectivity index (χ3v) is 4.57. The van der Waals surface area contributed by atoms with Crippen molar-refractivity contribution >= 4 is 22.9 Å². The third kappa shape index (κ3) is 3.34. The van der Waals surface area contributed by atoms with Gasteiger partial charge >= 0.3 is 11.7 Å². The van der Waals surface area contributed by atoms with E-state index in [0.29, 0.717) is 5.52 Å². The molecule has 0 saturated heterocycles. The molecule has 24 heavy (non-hydrogen) atoms. The second-order valence-electron chi connectivity index (χ2n) is 6.61. The number of aryl methyl sites for hydroxylation is 1. The lowest BCUT2D eigenvalue weighted by Gasteiger charge is -2.33. The van der Waals surface area contributed by atoms with Crippen molar-refractivity contribution in [2.75, 3.05) is 0 Å². The van der Waals surface area contributed by atoms with E-state index in [4.69, 9.17) is 5.11 Å². The number of aliphatic carboxylic acids is 1. The standard InChI is InChI=1S/C17H23N3O4/c1-11(2)17(3,9-15(22)23)18-14(21)10-20-13-8-6-5-7-12(13)19(4)16(20)24/h5-8,11H,9-10H2,1-4H3,(H,18,21)(H,22,23). The summed E-state index contributed by atoms with van der Waals surface area (Å²) in [6.07, 6.45) is -0.180. The average Bonchev–Trinajstić information content (AvgIpc) is 2.72. The van der Waals surface area contributed by atoms with E-state index < -0.39 is 11.5 Å². The van der Waals surface area contributed by atoms with Crippen LogP contribution in [-0.4, -0.2) is 31.7 Å². The first kappa shape index (κ1) is 17.8. The highest BCUT2D eigenvalue weighted by Gasteiger charge is 2.33. The molecule has 7 heteroatoms. The van der Waals surface area contributed by atoms with Gasteiger partial charge in [0.05, 0.1) is 23.0 Å². The summed E-state index contributed by atoms with van der Waals surface area (Å²) in [6.45, 7) is 5.26. The number of fused-ring (bicyclic) bond motifs is 1. The quantitative estimate of drug-likeness (QED) is 0.834. The molecule has 0 fully saturated rings. The molecule has 2 N–H and O–H groups in total. The fraction of sp³-hybridized carbons (Fsp3) is 0.471. The number of nitrogens with one attached hydrogen (secondary N) is 1. The van der Waals surface area contributed by atoms with Crippen LogP contribution < -0.4 is 11.0 Å². The molecule has 0 saturated carbocycles. The molecule has 7 nitrogen and oxygen atoms in total. The minimum Gasteiger partial charge on any atom is -0.481 e. The van der Waals surface area contributed by atoms with Gasteiger partial charge in [0, 0.05) is 7.05 Å². The highest BCUT2D eigenvalue weighted by atomic mass is 16.4. The Hall–Kier alpha value is -2.57. The predicted octanol–water partition coefficient (Wildman–Crippen LogP) is 1.35. The predicted molar refractivity (Wildman–Crippen MR) is 90.8 cm³/mol. The summed E-state index contributed by atoms with van der Waals surface area (Å²) < 4.78 is 2.88. The van der Waals surface area contributed by atoms with Gasteiger partial charge < -0.3 is 10.4 Å². The monoisotopic (exact) mass is 333 g/mol. The topological polar surface area (TPSA) is 93.3 Å². The molecule has 1 atom stereocenters. The van der Waals surface area contributed by atoms with E-state index in [1.807, 2.05) is 26.0 Å². The van der Waals surface area contributed by atoms with Crippen LogP contribution >= 0.6 is 0 Å². The molecule has 1 unspecified atom stereocenters. The summed E-state index contributed by atoms with van der Waals surface area (Å²) in [7, 11) is 1.65. The van der Waals surface area contributed by atoms with Crippen molar-refractivity contribution in [3.63, 3.8) is 0 Å². The molecule has 0 aliphatic rings. The SMILES string of the molecule is CC(C)C(C)(CC(=O)O)NC(=O)Cn1c(=O)n(C)c2ccccc21.